The Morgan fingerprint density at radius 1 is 1.52 bits per heavy atom. The molecule has 0 unspecified atom stereocenters. The van der Waals surface area contributed by atoms with Crippen molar-refractivity contribution >= 4 is 17.4 Å². The Morgan fingerprint density at radius 2 is 2.29 bits per heavy atom. The molecule has 21 heavy (non-hydrogen) atoms. The highest BCUT2D eigenvalue weighted by Gasteiger charge is 2.21. The number of nitrogens with zero attached hydrogens (tertiary/aromatic N) is 2. The average Bonchev–Trinajstić information content (AvgIpc) is 3.07. The van der Waals surface area contributed by atoms with Crippen molar-refractivity contribution in [3.8, 4) is 0 Å². The van der Waals surface area contributed by atoms with Crippen LogP contribution in [0.2, 0.25) is 0 Å². The Kier molecular flexibility index (Phi) is 5.01. The molecule has 2 aromatic heterocycles. The Labute approximate surface area is 128 Å². The molecule has 114 valence electrons. The second kappa shape index (κ2) is 6.76. The molecule has 0 saturated carbocycles. The summed E-state index contributed by atoms with van der Waals surface area (Å²) in [5.74, 6) is 1.08. The minimum atomic E-state index is -0.109. The van der Waals surface area contributed by atoms with Gasteiger partial charge in [0.15, 0.2) is 0 Å². The number of nitrogens with one attached hydrogen (secondary N) is 1. The van der Waals surface area contributed by atoms with Crippen LogP contribution in [-0.4, -0.2) is 23.1 Å². The van der Waals surface area contributed by atoms with Crippen molar-refractivity contribution in [1.29, 1.82) is 0 Å². The first kappa shape index (κ1) is 15.6. The number of rotatable bonds is 5. The number of carbonyl (C=O) groups excluding carboxylic acids is 1. The van der Waals surface area contributed by atoms with Gasteiger partial charge in [-0.1, -0.05) is 25.1 Å². The molecular weight excluding hydrogens is 286 g/mol. The lowest BCUT2D eigenvalue weighted by Gasteiger charge is -2.25. The van der Waals surface area contributed by atoms with Crippen molar-refractivity contribution in [3.63, 3.8) is 0 Å². The maximum Gasteiger partial charge on any atom is 0.318 e. The molecule has 2 aromatic rings. The summed E-state index contributed by atoms with van der Waals surface area (Å²) in [6.45, 7) is 6.47. The SMILES string of the molecule is Cc1cc(CN(C)C(=O)N[C@H](c2cccs2)C(C)C)no1. The fourth-order valence-electron chi connectivity index (χ4n) is 2.09. The molecule has 0 spiro atoms. The quantitative estimate of drug-likeness (QED) is 0.918. The third-order valence-electron chi connectivity index (χ3n) is 3.22. The zero-order valence-corrected chi connectivity index (χ0v) is 13.6. The Hall–Kier alpha value is -1.82. The first-order valence-corrected chi connectivity index (χ1v) is 7.82. The van der Waals surface area contributed by atoms with Gasteiger partial charge < -0.3 is 14.7 Å². The molecule has 0 aliphatic carbocycles. The van der Waals surface area contributed by atoms with E-state index in [2.05, 4.69) is 30.4 Å². The summed E-state index contributed by atoms with van der Waals surface area (Å²) in [6.07, 6.45) is 0. The molecular formula is C15H21N3O2S. The van der Waals surface area contributed by atoms with Gasteiger partial charge in [0.25, 0.3) is 0 Å². The lowest BCUT2D eigenvalue weighted by molar-refractivity contribution is 0.198. The van der Waals surface area contributed by atoms with E-state index in [0.717, 1.165) is 11.5 Å². The molecule has 2 rings (SSSR count). The van der Waals surface area contributed by atoms with Gasteiger partial charge in [0, 0.05) is 18.0 Å². The van der Waals surface area contributed by atoms with Crippen LogP contribution in [0.3, 0.4) is 0 Å². The summed E-state index contributed by atoms with van der Waals surface area (Å²) in [4.78, 5) is 15.1. The van der Waals surface area contributed by atoms with Gasteiger partial charge in [-0.15, -0.1) is 11.3 Å². The molecule has 0 aromatic carbocycles. The highest BCUT2D eigenvalue weighted by atomic mass is 32.1. The van der Waals surface area contributed by atoms with Gasteiger partial charge in [-0.3, -0.25) is 0 Å². The van der Waals surface area contributed by atoms with E-state index in [9.17, 15) is 4.79 Å². The standard InChI is InChI=1S/C15H21N3O2S/c1-10(2)14(13-6-5-7-21-13)16-15(19)18(4)9-12-8-11(3)20-17-12/h5-8,10,14H,9H2,1-4H3,(H,16,19)/t14-/m0/s1. The normalized spacial score (nSPS) is 12.4. The van der Waals surface area contributed by atoms with Gasteiger partial charge in [-0.2, -0.15) is 0 Å². The van der Waals surface area contributed by atoms with E-state index in [0.29, 0.717) is 12.5 Å². The summed E-state index contributed by atoms with van der Waals surface area (Å²) in [5, 5.41) is 9.02. The van der Waals surface area contributed by atoms with E-state index in [1.807, 2.05) is 24.4 Å². The fraction of sp³-hybridized carbons (Fsp3) is 0.467. The molecule has 1 atom stereocenters. The molecule has 0 radical (unpaired) electrons. The molecule has 1 N–H and O–H groups in total. The van der Waals surface area contributed by atoms with Crippen LogP contribution in [0.15, 0.2) is 28.1 Å². The molecule has 5 nitrogen and oxygen atoms in total. The lowest BCUT2D eigenvalue weighted by atomic mass is 10.0. The van der Waals surface area contributed by atoms with Crippen molar-refractivity contribution in [1.82, 2.24) is 15.4 Å². The molecule has 6 heteroatoms. The second-order valence-electron chi connectivity index (χ2n) is 5.47. The van der Waals surface area contributed by atoms with Crippen molar-refractivity contribution in [2.45, 2.75) is 33.4 Å². The Morgan fingerprint density at radius 3 is 2.81 bits per heavy atom. The van der Waals surface area contributed by atoms with E-state index in [-0.39, 0.29) is 12.1 Å². The van der Waals surface area contributed by atoms with Gasteiger partial charge in [-0.25, -0.2) is 4.79 Å². The van der Waals surface area contributed by atoms with E-state index in [4.69, 9.17) is 4.52 Å². The van der Waals surface area contributed by atoms with Crippen LogP contribution in [0, 0.1) is 12.8 Å². The highest BCUT2D eigenvalue weighted by molar-refractivity contribution is 7.10. The summed E-state index contributed by atoms with van der Waals surface area (Å²) >= 11 is 1.66. The number of aryl methyl sites for hydroxylation is 1. The number of amides is 2. The predicted molar refractivity (Wildman–Crippen MR) is 83.1 cm³/mol. The van der Waals surface area contributed by atoms with Crippen LogP contribution in [0.25, 0.3) is 0 Å². The van der Waals surface area contributed by atoms with Crippen LogP contribution in [-0.2, 0) is 6.54 Å². The third-order valence-corrected chi connectivity index (χ3v) is 4.17. The Balaban J connectivity index is 1.98. The average molecular weight is 307 g/mol. The fourth-order valence-corrected chi connectivity index (χ4v) is 3.03. The van der Waals surface area contributed by atoms with Gasteiger partial charge in [0.2, 0.25) is 0 Å². The van der Waals surface area contributed by atoms with Crippen LogP contribution in [0.1, 0.15) is 36.2 Å². The van der Waals surface area contributed by atoms with Gasteiger partial charge in [0.1, 0.15) is 11.5 Å². The number of hydrogen-bond acceptors (Lipinski definition) is 4. The number of aromatic nitrogens is 1. The molecule has 0 fully saturated rings. The van der Waals surface area contributed by atoms with Gasteiger partial charge >= 0.3 is 6.03 Å². The monoisotopic (exact) mass is 307 g/mol. The van der Waals surface area contributed by atoms with Gasteiger partial charge in [-0.05, 0) is 24.3 Å². The molecule has 0 bridgehead atoms. The topological polar surface area (TPSA) is 58.4 Å². The largest absolute Gasteiger partial charge is 0.361 e. The summed E-state index contributed by atoms with van der Waals surface area (Å²) in [7, 11) is 1.76. The molecule has 0 aliphatic rings. The molecule has 2 amide bonds. The first-order valence-electron chi connectivity index (χ1n) is 6.94. The van der Waals surface area contributed by atoms with Crippen molar-refractivity contribution in [2.24, 2.45) is 5.92 Å². The zero-order chi connectivity index (χ0) is 15.4. The zero-order valence-electron chi connectivity index (χ0n) is 12.8. The molecule has 2 heterocycles. The summed E-state index contributed by atoms with van der Waals surface area (Å²) in [5.41, 5.74) is 0.752. The minimum absolute atomic E-state index is 0.0268. The van der Waals surface area contributed by atoms with Crippen LogP contribution in [0.4, 0.5) is 4.79 Å². The van der Waals surface area contributed by atoms with Gasteiger partial charge in [0.05, 0.1) is 12.6 Å². The van der Waals surface area contributed by atoms with Crippen LogP contribution >= 0.6 is 11.3 Å². The smallest absolute Gasteiger partial charge is 0.318 e. The predicted octanol–water partition coefficient (Wildman–Crippen LogP) is 3.58. The first-order chi connectivity index (χ1) is 9.97. The van der Waals surface area contributed by atoms with E-state index in [1.54, 1.807) is 23.3 Å². The maximum atomic E-state index is 12.3. The van der Waals surface area contributed by atoms with Crippen LogP contribution < -0.4 is 5.32 Å². The second-order valence-corrected chi connectivity index (χ2v) is 6.45. The van der Waals surface area contributed by atoms with E-state index in [1.165, 1.54) is 4.88 Å². The van der Waals surface area contributed by atoms with E-state index < -0.39 is 0 Å². The van der Waals surface area contributed by atoms with Crippen molar-refractivity contribution in [2.75, 3.05) is 7.05 Å². The highest BCUT2D eigenvalue weighted by Crippen LogP contribution is 2.25. The number of urea groups is 1. The summed E-state index contributed by atoms with van der Waals surface area (Å²) < 4.78 is 5.02. The molecule has 0 saturated heterocycles. The van der Waals surface area contributed by atoms with Crippen molar-refractivity contribution < 1.29 is 9.32 Å². The van der Waals surface area contributed by atoms with Crippen molar-refractivity contribution in [3.05, 3.63) is 39.9 Å². The lowest BCUT2D eigenvalue weighted by Crippen LogP contribution is -2.40. The third kappa shape index (κ3) is 4.07. The minimum Gasteiger partial charge on any atom is -0.361 e. The Bertz CT molecular complexity index is 578. The number of carbonyl (C=O) groups is 1. The maximum absolute atomic E-state index is 12.3. The number of hydrogen-bond donors (Lipinski definition) is 1. The number of thiophene rings is 1. The summed E-state index contributed by atoms with van der Waals surface area (Å²) in [6, 6.07) is 5.81. The van der Waals surface area contributed by atoms with E-state index >= 15 is 0 Å². The van der Waals surface area contributed by atoms with Crippen LogP contribution in [0.5, 0.6) is 0 Å². The molecule has 0 aliphatic heterocycles.